The lowest BCUT2D eigenvalue weighted by molar-refractivity contribution is -0.385. The molecule has 130 valence electrons. The Labute approximate surface area is 151 Å². The highest BCUT2D eigenvalue weighted by Crippen LogP contribution is 2.37. The second-order valence-corrected chi connectivity index (χ2v) is 6.18. The summed E-state index contributed by atoms with van der Waals surface area (Å²) in [5.41, 5.74) is 4.79. The number of hydrogen-bond acceptors (Lipinski definition) is 8. The summed E-state index contributed by atoms with van der Waals surface area (Å²) in [6, 6.07) is 2.97. The van der Waals surface area contributed by atoms with Gasteiger partial charge in [-0.25, -0.2) is 15.0 Å². The smallest absolute Gasteiger partial charge is 0.311 e. The molecule has 0 N–H and O–H groups in total. The number of benzene rings is 1. The summed E-state index contributed by atoms with van der Waals surface area (Å²) in [5, 5.41) is 18.3. The first kappa shape index (κ1) is 16.1. The van der Waals surface area contributed by atoms with Crippen molar-refractivity contribution in [2.45, 2.75) is 0 Å². The first-order chi connectivity index (χ1) is 12.6. The highest BCUT2D eigenvalue weighted by molar-refractivity contribution is 7.07. The zero-order valence-electron chi connectivity index (χ0n) is 13.8. The standard InChI is InChI=1S/C16H12N6O3S/c1-21-5-10(16(20-21)12-6-26-8-19-12)15-9-3-13(22(23)24)14(25-2)4-11(9)17-7-18-15/h3-8H,1-2H3. The molecular formula is C16H12N6O3S. The van der Waals surface area contributed by atoms with Crippen LogP contribution in [0.3, 0.4) is 0 Å². The van der Waals surface area contributed by atoms with E-state index in [2.05, 4.69) is 20.1 Å². The topological polar surface area (TPSA) is 109 Å². The molecule has 0 atom stereocenters. The van der Waals surface area contributed by atoms with Crippen LogP contribution in [0.4, 0.5) is 5.69 Å². The summed E-state index contributed by atoms with van der Waals surface area (Å²) in [5.74, 6) is 0.151. The molecule has 1 aromatic carbocycles. The third-order valence-electron chi connectivity index (χ3n) is 3.89. The molecule has 0 unspecified atom stereocenters. The molecule has 0 aliphatic rings. The number of methoxy groups -OCH3 is 1. The van der Waals surface area contributed by atoms with E-state index in [9.17, 15) is 10.1 Å². The minimum Gasteiger partial charge on any atom is -0.490 e. The number of aromatic nitrogens is 5. The van der Waals surface area contributed by atoms with Gasteiger partial charge in [0, 0.05) is 41.7 Å². The van der Waals surface area contributed by atoms with Crippen LogP contribution in [0.2, 0.25) is 0 Å². The van der Waals surface area contributed by atoms with Crippen molar-refractivity contribution in [3.05, 3.63) is 45.7 Å². The SMILES string of the molecule is COc1cc2ncnc(-c3cn(C)nc3-c3cscn3)c2cc1[N+](=O)[O-]. The Morgan fingerprint density at radius 2 is 2.08 bits per heavy atom. The average Bonchev–Trinajstić information content (AvgIpc) is 3.29. The van der Waals surface area contributed by atoms with E-state index in [0.29, 0.717) is 22.3 Å². The number of nitro benzene ring substituents is 1. The van der Waals surface area contributed by atoms with E-state index < -0.39 is 4.92 Å². The predicted molar refractivity (Wildman–Crippen MR) is 96.1 cm³/mol. The first-order valence-electron chi connectivity index (χ1n) is 7.48. The van der Waals surface area contributed by atoms with E-state index in [0.717, 1.165) is 11.3 Å². The van der Waals surface area contributed by atoms with Crippen molar-refractivity contribution >= 4 is 27.9 Å². The molecule has 3 heterocycles. The number of ether oxygens (including phenoxy) is 1. The fourth-order valence-corrected chi connectivity index (χ4v) is 3.31. The van der Waals surface area contributed by atoms with Gasteiger partial charge in [-0.15, -0.1) is 11.3 Å². The van der Waals surface area contributed by atoms with Gasteiger partial charge in [0.2, 0.25) is 0 Å². The largest absolute Gasteiger partial charge is 0.490 e. The maximum absolute atomic E-state index is 11.4. The Morgan fingerprint density at radius 3 is 2.77 bits per heavy atom. The number of nitrogens with zero attached hydrogens (tertiary/aromatic N) is 6. The highest BCUT2D eigenvalue weighted by atomic mass is 32.1. The minimum absolute atomic E-state index is 0.143. The molecule has 0 saturated carbocycles. The number of aryl methyl sites for hydroxylation is 1. The molecule has 0 aliphatic carbocycles. The zero-order chi connectivity index (χ0) is 18.3. The third-order valence-corrected chi connectivity index (χ3v) is 4.48. The molecule has 4 aromatic rings. The number of hydrogen-bond donors (Lipinski definition) is 0. The first-order valence-corrected chi connectivity index (χ1v) is 8.42. The van der Waals surface area contributed by atoms with Gasteiger partial charge in [-0.3, -0.25) is 14.8 Å². The molecule has 10 heteroatoms. The normalized spacial score (nSPS) is 11.0. The van der Waals surface area contributed by atoms with Crippen molar-refractivity contribution in [2.24, 2.45) is 7.05 Å². The Kier molecular flexibility index (Phi) is 3.81. The monoisotopic (exact) mass is 368 g/mol. The summed E-state index contributed by atoms with van der Waals surface area (Å²) in [4.78, 5) is 23.8. The van der Waals surface area contributed by atoms with E-state index in [-0.39, 0.29) is 11.4 Å². The van der Waals surface area contributed by atoms with Crippen LogP contribution in [0.1, 0.15) is 0 Å². The van der Waals surface area contributed by atoms with Crippen molar-refractivity contribution < 1.29 is 9.66 Å². The molecule has 0 bridgehead atoms. The molecule has 9 nitrogen and oxygen atoms in total. The van der Waals surface area contributed by atoms with Crippen LogP contribution >= 0.6 is 11.3 Å². The van der Waals surface area contributed by atoms with Crippen LogP contribution in [0.25, 0.3) is 33.5 Å². The van der Waals surface area contributed by atoms with Gasteiger partial charge in [0.1, 0.15) is 17.7 Å². The van der Waals surface area contributed by atoms with E-state index >= 15 is 0 Å². The Hall–Kier alpha value is -3.40. The Morgan fingerprint density at radius 1 is 1.23 bits per heavy atom. The van der Waals surface area contributed by atoms with Gasteiger partial charge < -0.3 is 4.74 Å². The van der Waals surface area contributed by atoms with Crippen LogP contribution in [-0.4, -0.2) is 36.8 Å². The molecule has 3 aromatic heterocycles. The van der Waals surface area contributed by atoms with Crippen molar-refractivity contribution in [1.82, 2.24) is 24.7 Å². The van der Waals surface area contributed by atoms with E-state index in [1.807, 2.05) is 11.6 Å². The molecule has 26 heavy (non-hydrogen) atoms. The predicted octanol–water partition coefficient (Wildman–Crippen LogP) is 3.07. The lowest BCUT2D eigenvalue weighted by atomic mass is 10.1. The molecule has 4 rings (SSSR count). The summed E-state index contributed by atoms with van der Waals surface area (Å²) >= 11 is 1.46. The number of rotatable bonds is 4. The second-order valence-electron chi connectivity index (χ2n) is 5.46. The summed E-state index contributed by atoms with van der Waals surface area (Å²) in [7, 11) is 3.19. The molecule has 0 spiro atoms. The third kappa shape index (κ3) is 2.56. The van der Waals surface area contributed by atoms with Crippen LogP contribution in [0.5, 0.6) is 5.75 Å². The number of thiazole rings is 1. The zero-order valence-corrected chi connectivity index (χ0v) is 14.6. The molecule has 0 fully saturated rings. The fourth-order valence-electron chi connectivity index (χ4n) is 2.77. The van der Waals surface area contributed by atoms with Gasteiger partial charge in [-0.05, 0) is 0 Å². The molecule has 0 amide bonds. The Bertz CT molecular complexity index is 1120. The van der Waals surface area contributed by atoms with Crippen LogP contribution in [0, 0.1) is 10.1 Å². The van der Waals surface area contributed by atoms with Crippen LogP contribution in [-0.2, 0) is 7.05 Å². The van der Waals surface area contributed by atoms with Gasteiger partial charge in [-0.1, -0.05) is 0 Å². The van der Waals surface area contributed by atoms with Gasteiger partial charge in [-0.2, -0.15) is 5.10 Å². The van der Waals surface area contributed by atoms with Crippen LogP contribution < -0.4 is 4.74 Å². The molecule has 0 saturated heterocycles. The van der Waals surface area contributed by atoms with E-state index in [4.69, 9.17) is 4.74 Å². The minimum atomic E-state index is -0.486. The number of fused-ring (bicyclic) bond motifs is 1. The van der Waals surface area contributed by atoms with Gasteiger partial charge in [0.15, 0.2) is 5.75 Å². The maximum Gasteiger partial charge on any atom is 0.311 e. The van der Waals surface area contributed by atoms with Crippen molar-refractivity contribution in [2.75, 3.05) is 7.11 Å². The van der Waals surface area contributed by atoms with E-state index in [1.54, 1.807) is 17.2 Å². The lowest BCUT2D eigenvalue weighted by Gasteiger charge is -2.07. The quantitative estimate of drug-likeness (QED) is 0.402. The van der Waals surface area contributed by atoms with Gasteiger partial charge in [0.05, 0.1) is 28.8 Å². The summed E-state index contributed by atoms with van der Waals surface area (Å²) in [6.07, 6.45) is 3.23. The molecule has 0 aliphatic heterocycles. The van der Waals surface area contributed by atoms with Crippen molar-refractivity contribution in [1.29, 1.82) is 0 Å². The van der Waals surface area contributed by atoms with Crippen LogP contribution in [0.15, 0.2) is 35.5 Å². The maximum atomic E-state index is 11.4. The van der Waals surface area contributed by atoms with Gasteiger partial charge >= 0.3 is 5.69 Å². The average molecular weight is 368 g/mol. The molecule has 0 radical (unpaired) electrons. The van der Waals surface area contributed by atoms with Crippen molar-refractivity contribution in [3.8, 4) is 28.4 Å². The van der Waals surface area contributed by atoms with Gasteiger partial charge in [0.25, 0.3) is 0 Å². The molecular weight excluding hydrogens is 356 g/mol. The lowest BCUT2D eigenvalue weighted by Crippen LogP contribution is -1.96. The fraction of sp³-hybridized carbons (Fsp3) is 0.125. The number of nitro groups is 1. The highest BCUT2D eigenvalue weighted by Gasteiger charge is 2.22. The summed E-state index contributed by atoms with van der Waals surface area (Å²) < 4.78 is 6.78. The second kappa shape index (κ2) is 6.15. The summed E-state index contributed by atoms with van der Waals surface area (Å²) in [6.45, 7) is 0. The van der Waals surface area contributed by atoms with Crippen molar-refractivity contribution in [3.63, 3.8) is 0 Å². The Balaban J connectivity index is 2.02. The van der Waals surface area contributed by atoms with E-state index in [1.165, 1.54) is 36.9 Å².